The maximum atomic E-state index is 11.8. The highest BCUT2D eigenvalue weighted by atomic mass is 79.9. The zero-order valence-corrected chi connectivity index (χ0v) is 12.7. The number of hydrogen-bond donors (Lipinski definition) is 1. The number of nitro groups is 1. The molecule has 0 aliphatic carbocycles. The van der Waals surface area contributed by atoms with Crippen LogP contribution in [0.15, 0.2) is 22.7 Å². The zero-order valence-electron chi connectivity index (χ0n) is 11.1. The predicted octanol–water partition coefficient (Wildman–Crippen LogP) is 2.92. The van der Waals surface area contributed by atoms with Gasteiger partial charge in [-0.3, -0.25) is 14.9 Å². The van der Waals surface area contributed by atoms with Gasteiger partial charge in [0.2, 0.25) is 0 Å². The topological polar surface area (TPSA) is 89.7 Å². The number of nitro benzene ring substituents is 1. The molecule has 7 heteroatoms. The summed E-state index contributed by atoms with van der Waals surface area (Å²) in [7, 11) is 0. The molecule has 3 unspecified atom stereocenters. The SMILES string of the molecule is O=C(O)C1(Cc2cccc([N+](=O)[O-])c2Br)CC2CCC1O2. The second-order valence-corrected chi connectivity index (χ2v) is 6.47. The van der Waals surface area contributed by atoms with Crippen LogP contribution in [-0.2, 0) is 16.0 Å². The van der Waals surface area contributed by atoms with E-state index < -0.39 is 16.3 Å². The summed E-state index contributed by atoms with van der Waals surface area (Å²) in [5, 5.41) is 20.7. The molecule has 3 atom stereocenters. The maximum absolute atomic E-state index is 11.8. The molecule has 0 amide bonds. The van der Waals surface area contributed by atoms with Crippen molar-refractivity contribution in [3.05, 3.63) is 38.3 Å². The molecule has 3 rings (SSSR count). The third kappa shape index (κ3) is 2.24. The number of ether oxygens (including phenoxy) is 1. The van der Waals surface area contributed by atoms with E-state index >= 15 is 0 Å². The standard InChI is InChI=1S/C14H14BrNO5/c15-12-8(2-1-3-10(12)16(19)20)6-14(13(17)18)7-9-4-5-11(14)21-9/h1-3,9,11H,4-7H2,(H,17,18). The smallest absolute Gasteiger partial charge is 0.312 e. The number of benzene rings is 1. The number of carbonyl (C=O) groups is 1. The van der Waals surface area contributed by atoms with Crippen LogP contribution >= 0.6 is 15.9 Å². The van der Waals surface area contributed by atoms with Gasteiger partial charge in [0.15, 0.2) is 0 Å². The van der Waals surface area contributed by atoms with Gasteiger partial charge in [-0.15, -0.1) is 0 Å². The summed E-state index contributed by atoms with van der Waals surface area (Å²) in [6, 6.07) is 4.72. The van der Waals surface area contributed by atoms with Crippen LogP contribution in [0.25, 0.3) is 0 Å². The Labute approximate surface area is 129 Å². The van der Waals surface area contributed by atoms with Gasteiger partial charge in [-0.05, 0) is 47.2 Å². The first-order valence-corrected chi connectivity index (χ1v) is 7.54. The van der Waals surface area contributed by atoms with Crippen LogP contribution < -0.4 is 0 Å². The van der Waals surface area contributed by atoms with Gasteiger partial charge in [0.1, 0.15) is 5.41 Å². The molecule has 2 fully saturated rings. The molecule has 2 saturated heterocycles. The van der Waals surface area contributed by atoms with Crippen molar-refractivity contribution in [1.82, 2.24) is 0 Å². The number of hydrogen-bond acceptors (Lipinski definition) is 4. The first-order valence-electron chi connectivity index (χ1n) is 6.74. The van der Waals surface area contributed by atoms with E-state index in [2.05, 4.69) is 15.9 Å². The van der Waals surface area contributed by atoms with Gasteiger partial charge in [-0.2, -0.15) is 0 Å². The van der Waals surface area contributed by atoms with Crippen molar-refractivity contribution in [2.45, 2.75) is 37.9 Å². The van der Waals surface area contributed by atoms with E-state index in [1.165, 1.54) is 6.07 Å². The Kier molecular flexibility index (Phi) is 3.49. The van der Waals surface area contributed by atoms with Crippen LogP contribution in [0.5, 0.6) is 0 Å². The van der Waals surface area contributed by atoms with Gasteiger partial charge in [-0.1, -0.05) is 12.1 Å². The molecule has 6 nitrogen and oxygen atoms in total. The molecule has 21 heavy (non-hydrogen) atoms. The summed E-state index contributed by atoms with van der Waals surface area (Å²) in [5.41, 5.74) is -0.374. The first-order chi connectivity index (χ1) is 9.94. The molecule has 0 spiro atoms. The van der Waals surface area contributed by atoms with Crippen LogP contribution in [0.3, 0.4) is 0 Å². The van der Waals surface area contributed by atoms with Crippen molar-refractivity contribution >= 4 is 27.6 Å². The van der Waals surface area contributed by atoms with E-state index in [9.17, 15) is 20.0 Å². The Hall–Kier alpha value is -1.47. The monoisotopic (exact) mass is 355 g/mol. The second-order valence-electron chi connectivity index (χ2n) is 5.67. The number of fused-ring (bicyclic) bond motifs is 2. The first kappa shape index (κ1) is 14.5. The number of carboxylic acids is 1. The highest BCUT2D eigenvalue weighted by molar-refractivity contribution is 9.10. The summed E-state index contributed by atoms with van der Waals surface area (Å²) in [6.45, 7) is 0. The van der Waals surface area contributed by atoms with E-state index in [0.29, 0.717) is 16.5 Å². The van der Waals surface area contributed by atoms with Crippen molar-refractivity contribution in [1.29, 1.82) is 0 Å². The lowest BCUT2D eigenvalue weighted by molar-refractivity contribution is -0.385. The molecule has 2 aliphatic heterocycles. The summed E-state index contributed by atoms with van der Waals surface area (Å²) < 4.78 is 6.07. The predicted molar refractivity (Wildman–Crippen MR) is 77.1 cm³/mol. The second kappa shape index (κ2) is 5.06. The summed E-state index contributed by atoms with van der Waals surface area (Å²) in [4.78, 5) is 22.3. The molecule has 1 N–H and O–H groups in total. The average molecular weight is 356 g/mol. The minimum absolute atomic E-state index is 0.00331. The summed E-state index contributed by atoms with van der Waals surface area (Å²) >= 11 is 3.24. The van der Waals surface area contributed by atoms with E-state index in [1.807, 2.05) is 0 Å². The number of nitrogens with zero attached hydrogens (tertiary/aromatic N) is 1. The van der Waals surface area contributed by atoms with Gasteiger partial charge in [-0.25, -0.2) is 0 Å². The van der Waals surface area contributed by atoms with Crippen molar-refractivity contribution in [3.8, 4) is 0 Å². The zero-order chi connectivity index (χ0) is 15.2. The molecular weight excluding hydrogens is 342 g/mol. The normalized spacial score (nSPS) is 30.5. The highest BCUT2D eigenvalue weighted by Gasteiger charge is 2.57. The third-order valence-electron chi connectivity index (χ3n) is 4.50. The number of carboxylic acid groups (broad SMARTS) is 1. The number of halogens is 1. The fraction of sp³-hybridized carbons (Fsp3) is 0.500. The molecule has 2 aliphatic rings. The Bertz CT molecular complexity index is 619. The Morgan fingerprint density at radius 1 is 1.52 bits per heavy atom. The lowest BCUT2D eigenvalue weighted by atomic mass is 9.70. The fourth-order valence-electron chi connectivity index (χ4n) is 3.47. The molecule has 2 heterocycles. The highest BCUT2D eigenvalue weighted by Crippen LogP contribution is 2.50. The van der Waals surface area contributed by atoms with E-state index in [0.717, 1.165) is 12.8 Å². The molecule has 112 valence electrons. The Morgan fingerprint density at radius 2 is 2.29 bits per heavy atom. The summed E-state index contributed by atoms with van der Waals surface area (Å²) in [6.07, 6.45) is 2.06. The van der Waals surface area contributed by atoms with Crippen molar-refractivity contribution in [3.63, 3.8) is 0 Å². The van der Waals surface area contributed by atoms with Crippen molar-refractivity contribution < 1.29 is 19.6 Å². The lowest BCUT2D eigenvalue weighted by Crippen LogP contribution is -2.42. The van der Waals surface area contributed by atoms with Gasteiger partial charge in [0, 0.05) is 6.07 Å². The van der Waals surface area contributed by atoms with Crippen molar-refractivity contribution in [2.75, 3.05) is 0 Å². The third-order valence-corrected chi connectivity index (χ3v) is 5.42. The van der Waals surface area contributed by atoms with Crippen LogP contribution in [0, 0.1) is 15.5 Å². The van der Waals surface area contributed by atoms with Gasteiger partial charge >= 0.3 is 5.97 Å². The molecule has 2 bridgehead atoms. The summed E-state index contributed by atoms with van der Waals surface area (Å²) in [5.74, 6) is -0.881. The van der Waals surface area contributed by atoms with Crippen LogP contribution in [-0.4, -0.2) is 28.2 Å². The van der Waals surface area contributed by atoms with Gasteiger partial charge in [0.25, 0.3) is 5.69 Å². The lowest BCUT2D eigenvalue weighted by Gasteiger charge is -2.31. The van der Waals surface area contributed by atoms with Crippen LogP contribution in [0.4, 0.5) is 5.69 Å². The molecular formula is C14H14BrNO5. The fourth-order valence-corrected chi connectivity index (χ4v) is 4.02. The van der Waals surface area contributed by atoms with Crippen molar-refractivity contribution in [2.24, 2.45) is 5.41 Å². The number of aliphatic carboxylic acids is 1. The van der Waals surface area contributed by atoms with Gasteiger partial charge in [0.05, 0.1) is 21.6 Å². The largest absolute Gasteiger partial charge is 0.481 e. The maximum Gasteiger partial charge on any atom is 0.312 e. The van der Waals surface area contributed by atoms with Gasteiger partial charge < -0.3 is 9.84 Å². The Balaban J connectivity index is 1.97. The molecule has 0 saturated carbocycles. The van der Waals surface area contributed by atoms with E-state index in [4.69, 9.17) is 4.74 Å². The van der Waals surface area contributed by atoms with E-state index in [-0.39, 0.29) is 24.3 Å². The minimum atomic E-state index is -0.972. The minimum Gasteiger partial charge on any atom is -0.481 e. The van der Waals surface area contributed by atoms with E-state index in [1.54, 1.807) is 12.1 Å². The molecule has 0 aromatic heterocycles. The molecule has 1 aromatic carbocycles. The molecule has 1 aromatic rings. The van der Waals surface area contributed by atoms with Crippen LogP contribution in [0.2, 0.25) is 0 Å². The molecule has 0 radical (unpaired) electrons. The Morgan fingerprint density at radius 3 is 2.81 bits per heavy atom. The quantitative estimate of drug-likeness (QED) is 0.662. The number of rotatable bonds is 4. The van der Waals surface area contributed by atoms with Crippen LogP contribution in [0.1, 0.15) is 24.8 Å². The average Bonchev–Trinajstić information content (AvgIpc) is 3.01.